The molecule has 0 aliphatic carbocycles. The Morgan fingerprint density at radius 3 is 2.50 bits per heavy atom. The lowest BCUT2D eigenvalue weighted by Gasteiger charge is -2.18. The van der Waals surface area contributed by atoms with Crippen LogP contribution in [0.5, 0.6) is 5.75 Å². The molecule has 0 N–H and O–H groups in total. The molecule has 0 unspecified atom stereocenters. The number of benzene rings is 1. The average Bonchev–Trinajstić information content (AvgIpc) is 2.35. The van der Waals surface area contributed by atoms with E-state index in [0.717, 1.165) is 25.4 Å². The number of nitrogens with zero attached hydrogens (tertiary/aromatic N) is 2. The van der Waals surface area contributed by atoms with Crippen molar-refractivity contribution in [2.75, 3.05) is 20.2 Å². The molecule has 3 nitrogen and oxygen atoms in total. The molecule has 16 heavy (non-hydrogen) atoms. The highest BCUT2D eigenvalue weighted by molar-refractivity contribution is 5.27. The zero-order chi connectivity index (χ0) is 11.8. The highest BCUT2D eigenvalue weighted by Gasteiger charge is 2.03. The number of rotatable bonds is 6. The molecule has 0 bridgehead atoms. The van der Waals surface area contributed by atoms with Crippen LogP contribution in [0.3, 0.4) is 0 Å². The topological polar surface area (TPSA) is 36.3 Å². The zero-order valence-electron chi connectivity index (χ0n) is 9.94. The Bertz CT molecular complexity index is 340. The van der Waals surface area contributed by atoms with Gasteiger partial charge in [0.25, 0.3) is 0 Å². The van der Waals surface area contributed by atoms with Gasteiger partial charge in [-0.05, 0) is 24.2 Å². The van der Waals surface area contributed by atoms with Crippen molar-refractivity contribution in [1.29, 1.82) is 5.26 Å². The summed E-state index contributed by atoms with van der Waals surface area (Å²) >= 11 is 0. The van der Waals surface area contributed by atoms with Gasteiger partial charge in [0.2, 0.25) is 0 Å². The van der Waals surface area contributed by atoms with E-state index in [1.807, 2.05) is 12.1 Å². The SMILES string of the molecule is CCN(CCC#N)Cc1ccc(OC)cc1. The summed E-state index contributed by atoms with van der Waals surface area (Å²) in [5.41, 5.74) is 1.25. The van der Waals surface area contributed by atoms with Crippen molar-refractivity contribution < 1.29 is 4.74 Å². The molecule has 3 heteroatoms. The molecular weight excluding hydrogens is 200 g/mol. The molecule has 1 aromatic rings. The lowest BCUT2D eigenvalue weighted by Crippen LogP contribution is -2.23. The minimum absolute atomic E-state index is 0.587. The monoisotopic (exact) mass is 218 g/mol. The Morgan fingerprint density at radius 2 is 2.00 bits per heavy atom. The molecular formula is C13H18N2O. The molecule has 86 valence electrons. The van der Waals surface area contributed by atoms with Crippen molar-refractivity contribution >= 4 is 0 Å². The summed E-state index contributed by atoms with van der Waals surface area (Å²) in [5, 5.41) is 8.55. The lowest BCUT2D eigenvalue weighted by molar-refractivity contribution is 0.286. The Labute approximate surface area is 97.3 Å². The third-order valence-corrected chi connectivity index (χ3v) is 2.55. The Balaban J connectivity index is 2.53. The minimum Gasteiger partial charge on any atom is -0.497 e. The molecule has 1 aromatic carbocycles. The predicted octanol–water partition coefficient (Wildman–Crippen LogP) is 2.43. The quantitative estimate of drug-likeness (QED) is 0.735. The van der Waals surface area contributed by atoms with E-state index in [2.05, 4.69) is 30.0 Å². The summed E-state index contributed by atoms with van der Waals surface area (Å²) in [6.45, 7) is 4.80. The van der Waals surface area contributed by atoms with Crippen LogP contribution in [-0.2, 0) is 6.54 Å². The molecule has 0 saturated heterocycles. The van der Waals surface area contributed by atoms with Crippen LogP contribution in [0.1, 0.15) is 18.9 Å². The van der Waals surface area contributed by atoms with Crippen LogP contribution >= 0.6 is 0 Å². The summed E-state index contributed by atoms with van der Waals surface area (Å²) in [6.07, 6.45) is 0.587. The van der Waals surface area contributed by atoms with Gasteiger partial charge in [-0.25, -0.2) is 0 Å². The van der Waals surface area contributed by atoms with E-state index in [9.17, 15) is 0 Å². The predicted molar refractivity (Wildman–Crippen MR) is 64.2 cm³/mol. The lowest BCUT2D eigenvalue weighted by atomic mass is 10.2. The Morgan fingerprint density at radius 1 is 1.31 bits per heavy atom. The van der Waals surface area contributed by atoms with Crippen LogP contribution in [0.15, 0.2) is 24.3 Å². The highest BCUT2D eigenvalue weighted by atomic mass is 16.5. The van der Waals surface area contributed by atoms with E-state index in [4.69, 9.17) is 10.00 Å². The van der Waals surface area contributed by atoms with Crippen LogP contribution in [0.4, 0.5) is 0 Å². The summed E-state index contributed by atoms with van der Waals surface area (Å²) in [7, 11) is 1.67. The van der Waals surface area contributed by atoms with Gasteiger partial charge in [-0.15, -0.1) is 0 Å². The van der Waals surface area contributed by atoms with Crippen LogP contribution in [0.2, 0.25) is 0 Å². The summed E-state index contributed by atoms with van der Waals surface area (Å²) in [5.74, 6) is 0.879. The molecule has 0 aromatic heterocycles. The fraction of sp³-hybridized carbons (Fsp3) is 0.462. The van der Waals surface area contributed by atoms with Gasteiger partial charge in [0, 0.05) is 19.5 Å². The molecule has 0 saturated carbocycles. The summed E-state index contributed by atoms with van der Waals surface area (Å²) < 4.78 is 5.11. The maximum atomic E-state index is 8.55. The van der Waals surface area contributed by atoms with Crippen molar-refractivity contribution in [1.82, 2.24) is 4.90 Å². The molecule has 0 atom stereocenters. The van der Waals surface area contributed by atoms with Gasteiger partial charge >= 0.3 is 0 Å². The highest BCUT2D eigenvalue weighted by Crippen LogP contribution is 2.12. The molecule has 0 amide bonds. The van der Waals surface area contributed by atoms with E-state index in [1.54, 1.807) is 7.11 Å². The normalized spacial score (nSPS) is 10.1. The van der Waals surface area contributed by atoms with Crippen molar-refractivity contribution in [3.63, 3.8) is 0 Å². The molecule has 0 radical (unpaired) electrons. The second kappa shape index (κ2) is 6.86. The Kier molecular flexibility index (Phi) is 5.38. The van der Waals surface area contributed by atoms with E-state index in [-0.39, 0.29) is 0 Å². The van der Waals surface area contributed by atoms with Crippen molar-refractivity contribution in [3.05, 3.63) is 29.8 Å². The number of ether oxygens (including phenoxy) is 1. The number of methoxy groups -OCH3 is 1. The van der Waals surface area contributed by atoms with Crippen LogP contribution in [0.25, 0.3) is 0 Å². The van der Waals surface area contributed by atoms with Gasteiger partial charge in [-0.1, -0.05) is 19.1 Å². The number of nitriles is 1. The third kappa shape index (κ3) is 3.92. The van der Waals surface area contributed by atoms with Gasteiger partial charge in [0.1, 0.15) is 5.75 Å². The standard InChI is InChI=1S/C13H18N2O/c1-3-15(10-4-9-14)11-12-5-7-13(16-2)8-6-12/h5-8H,3-4,10-11H2,1-2H3. The minimum atomic E-state index is 0.587. The first kappa shape index (κ1) is 12.5. The number of hydrogen-bond acceptors (Lipinski definition) is 3. The smallest absolute Gasteiger partial charge is 0.118 e. The fourth-order valence-corrected chi connectivity index (χ4v) is 1.55. The van der Waals surface area contributed by atoms with E-state index in [0.29, 0.717) is 6.42 Å². The maximum Gasteiger partial charge on any atom is 0.118 e. The van der Waals surface area contributed by atoms with Crippen molar-refractivity contribution in [3.8, 4) is 11.8 Å². The molecule has 0 aliphatic heterocycles. The number of hydrogen-bond donors (Lipinski definition) is 0. The molecule has 0 spiro atoms. The first-order valence-electron chi connectivity index (χ1n) is 5.52. The zero-order valence-corrected chi connectivity index (χ0v) is 9.94. The van der Waals surface area contributed by atoms with Crippen molar-refractivity contribution in [2.45, 2.75) is 19.9 Å². The van der Waals surface area contributed by atoms with E-state index >= 15 is 0 Å². The van der Waals surface area contributed by atoms with Crippen LogP contribution < -0.4 is 4.74 Å². The van der Waals surface area contributed by atoms with Crippen LogP contribution in [-0.4, -0.2) is 25.1 Å². The first-order valence-corrected chi connectivity index (χ1v) is 5.52. The average molecular weight is 218 g/mol. The first-order chi connectivity index (χ1) is 7.80. The van der Waals surface area contributed by atoms with Gasteiger partial charge in [0.15, 0.2) is 0 Å². The summed E-state index contributed by atoms with van der Waals surface area (Å²) in [6, 6.07) is 10.2. The van der Waals surface area contributed by atoms with Gasteiger partial charge in [-0.3, -0.25) is 4.90 Å². The summed E-state index contributed by atoms with van der Waals surface area (Å²) in [4.78, 5) is 2.25. The molecule has 1 rings (SSSR count). The van der Waals surface area contributed by atoms with Gasteiger partial charge in [0.05, 0.1) is 13.2 Å². The van der Waals surface area contributed by atoms with Crippen molar-refractivity contribution in [2.24, 2.45) is 0 Å². The van der Waals surface area contributed by atoms with E-state index < -0.39 is 0 Å². The second-order valence-corrected chi connectivity index (χ2v) is 3.62. The Hall–Kier alpha value is -1.53. The third-order valence-electron chi connectivity index (χ3n) is 2.55. The maximum absolute atomic E-state index is 8.55. The molecule has 0 aliphatic rings. The fourth-order valence-electron chi connectivity index (χ4n) is 1.55. The van der Waals surface area contributed by atoms with Gasteiger partial charge < -0.3 is 4.74 Å². The van der Waals surface area contributed by atoms with E-state index in [1.165, 1.54) is 5.56 Å². The molecule has 0 heterocycles. The van der Waals surface area contributed by atoms with Gasteiger partial charge in [-0.2, -0.15) is 5.26 Å². The second-order valence-electron chi connectivity index (χ2n) is 3.62. The van der Waals surface area contributed by atoms with Crippen LogP contribution in [0, 0.1) is 11.3 Å². The largest absolute Gasteiger partial charge is 0.497 e. The molecule has 0 fully saturated rings.